The van der Waals surface area contributed by atoms with Crippen LogP contribution in [0.5, 0.6) is 0 Å². The van der Waals surface area contributed by atoms with E-state index >= 15 is 0 Å². The highest BCUT2D eigenvalue weighted by Crippen LogP contribution is 2.21. The first-order valence-electron chi connectivity index (χ1n) is 6.22. The van der Waals surface area contributed by atoms with Crippen molar-refractivity contribution >= 4 is 33.4 Å². The third-order valence-corrected chi connectivity index (χ3v) is 5.44. The lowest BCUT2D eigenvalue weighted by molar-refractivity contribution is 0.515. The minimum absolute atomic E-state index is 0.0450. The van der Waals surface area contributed by atoms with Gasteiger partial charge in [-0.1, -0.05) is 17.7 Å². The van der Waals surface area contributed by atoms with Crippen molar-refractivity contribution < 1.29 is 17.2 Å². The maximum Gasteiger partial charge on any atom is 0.246 e. The largest absolute Gasteiger partial charge is 0.246 e. The van der Waals surface area contributed by atoms with Crippen LogP contribution in [0.1, 0.15) is 0 Å². The monoisotopic (exact) mass is 363 g/mol. The van der Waals surface area contributed by atoms with E-state index < -0.39 is 26.6 Å². The Morgan fingerprint density at radius 2 is 1.64 bits per heavy atom. The van der Waals surface area contributed by atoms with E-state index in [1.165, 1.54) is 11.8 Å². The summed E-state index contributed by atoms with van der Waals surface area (Å²) in [6.45, 7) is 0.0450. The molecule has 2 aromatic carbocycles. The van der Waals surface area contributed by atoms with Crippen LogP contribution >= 0.6 is 23.4 Å². The molecular formula is C14H12ClF2NO2S2. The number of halogens is 3. The van der Waals surface area contributed by atoms with Crippen LogP contribution in [0.3, 0.4) is 0 Å². The summed E-state index contributed by atoms with van der Waals surface area (Å²) in [5.41, 5.74) is 0. The summed E-state index contributed by atoms with van der Waals surface area (Å²) in [6, 6.07) is 9.97. The first kappa shape index (κ1) is 17.2. The summed E-state index contributed by atoms with van der Waals surface area (Å²) in [5, 5.41) is 0.611. The van der Waals surface area contributed by atoms with Crippen molar-refractivity contribution in [2.45, 2.75) is 9.79 Å². The molecule has 0 atom stereocenters. The van der Waals surface area contributed by atoms with Crippen LogP contribution in [0.15, 0.2) is 52.3 Å². The molecule has 2 rings (SSSR count). The van der Waals surface area contributed by atoms with Gasteiger partial charge in [-0.2, -0.15) is 0 Å². The Hall–Kier alpha value is -1.15. The van der Waals surface area contributed by atoms with Crippen LogP contribution in [0.4, 0.5) is 8.78 Å². The summed E-state index contributed by atoms with van der Waals surface area (Å²) in [4.78, 5) is -0.0350. The topological polar surface area (TPSA) is 46.2 Å². The van der Waals surface area contributed by atoms with Gasteiger partial charge in [0.1, 0.15) is 11.6 Å². The van der Waals surface area contributed by atoms with Gasteiger partial charge in [0.15, 0.2) is 4.90 Å². The molecular weight excluding hydrogens is 352 g/mol. The predicted molar refractivity (Wildman–Crippen MR) is 83.7 cm³/mol. The van der Waals surface area contributed by atoms with E-state index in [2.05, 4.69) is 4.72 Å². The molecule has 0 spiro atoms. The fraction of sp³-hybridized carbons (Fsp3) is 0.143. The van der Waals surface area contributed by atoms with Crippen LogP contribution in [0.25, 0.3) is 0 Å². The first-order chi connectivity index (χ1) is 10.4. The molecule has 118 valence electrons. The molecule has 0 saturated carbocycles. The molecule has 8 heteroatoms. The molecule has 0 unspecified atom stereocenters. The molecule has 0 aliphatic heterocycles. The molecule has 0 aliphatic carbocycles. The number of sulfonamides is 1. The molecule has 0 bridgehead atoms. The van der Waals surface area contributed by atoms with Gasteiger partial charge in [0.05, 0.1) is 0 Å². The maximum absolute atomic E-state index is 13.5. The van der Waals surface area contributed by atoms with Gasteiger partial charge in [-0.15, -0.1) is 11.8 Å². The van der Waals surface area contributed by atoms with Gasteiger partial charge >= 0.3 is 0 Å². The average Bonchev–Trinajstić information content (AvgIpc) is 2.45. The summed E-state index contributed by atoms with van der Waals surface area (Å²) in [6.07, 6.45) is 0. The lowest BCUT2D eigenvalue weighted by atomic mass is 10.3. The van der Waals surface area contributed by atoms with Crippen molar-refractivity contribution in [2.75, 3.05) is 12.3 Å². The zero-order chi connectivity index (χ0) is 16.2. The van der Waals surface area contributed by atoms with Gasteiger partial charge in [-0.05, 0) is 36.4 Å². The summed E-state index contributed by atoms with van der Waals surface area (Å²) in [7, 11) is -4.22. The lowest BCUT2D eigenvalue weighted by Crippen LogP contribution is -2.27. The van der Waals surface area contributed by atoms with Crippen LogP contribution in [-0.4, -0.2) is 20.7 Å². The Kier molecular flexibility index (Phi) is 5.80. The van der Waals surface area contributed by atoms with Gasteiger partial charge in [0.25, 0.3) is 0 Å². The molecule has 0 saturated heterocycles. The number of nitrogens with one attached hydrogen (secondary N) is 1. The third kappa shape index (κ3) is 4.42. The SMILES string of the molecule is O=S(=O)(NCCSc1ccc(Cl)cc1)c1c(F)cccc1F. The quantitative estimate of drug-likeness (QED) is 0.629. The summed E-state index contributed by atoms with van der Waals surface area (Å²) < 4.78 is 53.0. The van der Waals surface area contributed by atoms with Gasteiger partial charge in [-0.25, -0.2) is 21.9 Å². The van der Waals surface area contributed by atoms with Crippen LogP contribution in [0, 0.1) is 11.6 Å². The Morgan fingerprint density at radius 3 is 2.23 bits per heavy atom. The molecule has 0 amide bonds. The highest BCUT2D eigenvalue weighted by molar-refractivity contribution is 7.99. The summed E-state index contributed by atoms with van der Waals surface area (Å²) >= 11 is 7.16. The Balaban J connectivity index is 1.94. The molecule has 22 heavy (non-hydrogen) atoms. The van der Waals surface area contributed by atoms with Crippen molar-refractivity contribution in [3.8, 4) is 0 Å². The second-order valence-corrected chi connectivity index (χ2v) is 7.56. The second kappa shape index (κ2) is 7.41. The molecule has 3 nitrogen and oxygen atoms in total. The van der Waals surface area contributed by atoms with E-state index in [1.807, 2.05) is 0 Å². The van der Waals surface area contributed by atoms with E-state index in [0.717, 1.165) is 23.1 Å². The number of rotatable bonds is 6. The normalized spacial score (nSPS) is 11.6. The standard InChI is InChI=1S/C14H12ClF2NO2S2/c15-10-4-6-11(7-5-10)21-9-8-18-22(19,20)14-12(16)2-1-3-13(14)17/h1-7,18H,8-9H2. The van der Waals surface area contributed by atoms with E-state index in [1.54, 1.807) is 24.3 Å². The van der Waals surface area contributed by atoms with Crippen LogP contribution in [0.2, 0.25) is 5.02 Å². The van der Waals surface area contributed by atoms with Crippen LogP contribution < -0.4 is 4.72 Å². The Morgan fingerprint density at radius 1 is 1.05 bits per heavy atom. The van der Waals surface area contributed by atoms with Gasteiger partial charge in [0, 0.05) is 22.2 Å². The van der Waals surface area contributed by atoms with Crippen molar-refractivity contribution in [1.29, 1.82) is 0 Å². The van der Waals surface area contributed by atoms with Gasteiger partial charge in [0.2, 0.25) is 10.0 Å². The number of hydrogen-bond acceptors (Lipinski definition) is 3. The van der Waals surface area contributed by atoms with E-state index in [9.17, 15) is 17.2 Å². The van der Waals surface area contributed by atoms with E-state index in [4.69, 9.17) is 11.6 Å². The molecule has 0 radical (unpaired) electrons. The Labute approximate surface area is 136 Å². The summed E-state index contributed by atoms with van der Waals surface area (Å²) in [5.74, 6) is -1.81. The zero-order valence-corrected chi connectivity index (χ0v) is 13.6. The Bertz CT molecular complexity index is 732. The third-order valence-electron chi connectivity index (χ3n) is 2.66. The smallest absolute Gasteiger partial charge is 0.210 e. The van der Waals surface area contributed by atoms with E-state index in [0.29, 0.717) is 10.8 Å². The number of hydrogen-bond donors (Lipinski definition) is 1. The van der Waals surface area contributed by atoms with Crippen molar-refractivity contribution in [3.63, 3.8) is 0 Å². The molecule has 1 N–H and O–H groups in total. The maximum atomic E-state index is 13.5. The molecule has 0 aromatic heterocycles. The predicted octanol–water partition coefficient (Wildman–Crippen LogP) is 3.69. The molecule has 0 heterocycles. The van der Waals surface area contributed by atoms with Crippen LogP contribution in [-0.2, 0) is 10.0 Å². The zero-order valence-electron chi connectivity index (χ0n) is 11.2. The minimum atomic E-state index is -4.22. The van der Waals surface area contributed by atoms with Gasteiger partial charge < -0.3 is 0 Å². The van der Waals surface area contributed by atoms with Crippen molar-refractivity contribution in [1.82, 2.24) is 4.72 Å². The fourth-order valence-electron chi connectivity index (χ4n) is 1.69. The van der Waals surface area contributed by atoms with E-state index in [-0.39, 0.29) is 6.54 Å². The number of thioether (sulfide) groups is 1. The fourth-order valence-corrected chi connectivity index (χ4v) is 3.88. The average molecular weight is 364 g/mol. The molecule has 2 aromatic rings. The lowest BCUT2D eigenvalue weighted by Gasteiger charge is -2.08. The first-order valence-corrected chi connectivity index (χ1v) is 9.07. The highest BCUT2D eigenvalue weighted by atomic mass is 35.5. The highest BCUT2D eigenvalue weighted by Gasteiger charge is 2.23. The van der Waals surface area contributed by atoms with Crippen molar-refractivity contribution in [3.05, 3.63) is 59.1 Å². The molecule has 0 fully saturated rings. The van der Waals surface area contributed by atoms with Crippen molar-refractivity contribution in [2.24, 2.45) is 0 Å². The minimum Gasteiger partial charge on any atom is -0.210 e. The number of benzene rings is 2. The van der Waals surface area contributed by atoms with Gasteiger partial charge in [-0.3, -0.25) is 0 Å². The molecule has 0 aliphatic rings. The second-order valence-electron chi connectivity index (χ2n) is 4.25.